The van der Waals surface area contributed by atoms with Gasteiger partial charge in [0.05, 0.1) is 6.10 Å². The van der Waals surface area contributed by atoms with Gasteiger partial charge in [-0.1, -0.05) is 24.4 Å². The van der Waals surface area contributed by atoms with E-state index in [-0.39, 0.29) is 17.9 Å². The summed E-state index contributed by atoms with van der Waals surface area (Å²) in [5.74, 6) is 2.00. The minimum Gasteiger partial charge on any atom is -0.393 e. The summed E-state index contributed by atoms with van der Waals surface area (Å²) in [6, 6.07) is 0. The van der Waals surface area contributed by atoms with Crippen molar-refractivity contribution in [2.75, 3.05) is 6.54 Å². The molecule has 6 heteroatoms. The Morgan fingerprint density at radius 1 is 1.23 bits per heavy atom. The lowest BCUT2D eigenvalue weighted by Gasteiger charge is -2.14. The van der Waals surface area contributed by atoms with Crippen molar-refractivity contribution in [1.82, 2.24) is 15.5 Å². The lowest BCUT2D eigenvalue weighted by Crippen LogP contribution is -2.32. The molecular formula is C16H25N3O3. The summed E-state index contributed by atoms with van der Waals surface area (Å²) in [4.78, 5) is 16.3. The molecule has 2 N–H and O–H groups in total. The van der Waals surface area contributed by atoms with E-state index in [0.717, 1.165) is 37.9 Å². The summed E-state index contributed by atoms with van der Waals surface area (Å²) < 4.78 is 5.24. The van der Waals surface area contributed by atoms with Crippen molar-refractivity contribution >= 4 is 5.91 Å². The number of aromatic nitrogens is 2. The number of nitrogens with one attached hydrogen (secondary N) is 1. The van der Waals surface area contributed by atoms with E-state index in [1.54, 1.807) is 0 Å². The topological polar surface area (TPSA) is 88.2 Å². The van der Waals surface area contributed by atoms with E-state index >= 15 is 0 Å². The van der Waals surface area contributed by atoms with Crippen molar-refractivity contribution in [1.29, 1.82) is 0 Å². The minimum absolute atomic E-state index is 0.0142. The molecule has 1 amide bonds. The molecule has 0 saturated heterocycles. The average molecular weight is 307 g/mol. The van der Waals surface area contributed by atoms with Gasteiger partial charge >= 0.3 is 0 Å². The molecule has 2 saturated carbocycles. The van der Waals surface area contributed by atoms with Gasteiger partial charge in [-0.2, -0.15) is 4.98 Å². The van der Waals surface area contributed by atoms with Gasteiger partial charge < -0.3 is 14.9 Å². The first-order chi connectivity index (χ1) is 10.7. The van der Waals surface area contributed by atoms with Gasteiger partial charge in [0.1, 0.15) is 0 Å². The van der Waals surface area contributed by atoms with E-state index in [9.17, 15) is 9.90 Å². The summed E-state index contributed by atoms with van der Waals surface area (Å²) in [5.41, 5.74) is 0. The molecule has 0 radical (unpaired) electrons. The lowest BCUT2D eigenvalue weighted by atomic mass is 10.1. The molecule has 122 valence electrons. The first-order valence-electron chi connectivity index (χ1n) is 8.49. The number of rotatable bonds is 6. The van der Waals surface area contributed by atoms with Crippen LogP contribution in [0.5, 0.6) is 0 Å². The van der Waals surface area contributed by atoms with Crippen LogP contribution in [-0.4, -0.2) is 33.8 Å². The standard InChI is InChI=1S/C16H25N3O3/c20-13-7-3-6-12(13)10-17-14(21)8-9-15-18-16(19-22-15)11-4-1-2-5-11/h11-13,20H,1-10H2,(H,17,21). The van der Waals surface area contributed by atoms with Gasteiger partial charge in [-0.25, -0.2) is 0 Å². The number of hydrogen-bond donors (Lipinski definition) is 2. The Hall–Kier alpha value is -1.43. The molecule has 22 heavy (non-hydrogen) atoms. The molecule has 0 aromatic carbocycles. The van der Waals surface area contributed by atoms with E-state index < -0.39 is 0 Å². The van der Waals surface area contributed by atoms with Crippen molar-refractivity contribution in [3.63, 3.8) is 0 Å². The molecule has 1 aromatic heterocycles. The Morgan fingerprint density at radius 3 is 2.77 bits per heavy atom. The van der Waals surface area contributed by atoms with Gasteiger partial charge in [0.25, 0.3) is 0 Å². The molecular weight excluding hydrogens is 282 g/mol. The zero-order chi connectivity index (χ0) is 15.4. The van der Waals surface area contributed by atoms with Crippen LogP contribution in [0.4, 0.5) is 0 Å². The van der Waals surface area contributed by atoms with Gasteiger partial charge in [-0.05, 0) is 25.7 Å². The molecule has 0 bridgehead atoms. The van der Waals surface area contributed by atoms with Crippen LogP contribution in [0.2, 0.25) is 0 Å². The molecule has 3 rings (SSSR count). The molecule has 0 spiro atoms. The van der Waals surface area contributed by atoms with E-state index in [4.69, 9.17) is 4.52 Å². The fraction of sp³-hybridized carbons (Fsp3) is 0.812. The average Bonchev–Trinajstić information content (AvgIpc) is 3.24. The van der Waals surface area contributed by atoms with Crippen LogP contribution < -0.4 is 5.32 Å². The largest absolute Gasteiger partial charge is 0.393 e. The Balaban J connectivity index is 1.39. The summed E-state index contributed by atoms with van der Waals surface area (Å²) >= 11 is 0. The monoisotopic (exact) mass is 307 g/mol. The summed E-state index contributed by atoms with van der Waals surface area (Å²) in [6.45, 7) is 0.567. The fourth-order valence-corrected chi connectivity index (χ4v) is 3.53. The van der Waals surface area contributed by atoms with Gasteiger partial charge in [-0.15, -0.1) is 0 Å². The third-order valence-corrected chi connectivity index (χ3v) is 4.95. The molecule has 1 aromatic rings. The predicted molar refractivity (Wildman–Crippen MR) is 80.2 cm³/mol. The summed E-state index contributed by atoms with van der Waals surface area (Å²) in [6.07, 6.45) is 8.25. The molecule has 2 fully saturated rings. The van der Waals surface area contributed by atoms with Crippen LogP contribution in [0.25, 0.3) is 0 Å². The zero-order valence-electron chi connectivity index (χ0n) is 13.0. The number of amides is 1. The minimum atomic E-state index is -0.259. The molecule has 6 nitrogen and oxygen atoms in total. The lowest BCUT2D eigenvalue weighted by molar-refractivity contribution is -0.121. The van der Waals surface area contributed by atoms with Gasteiger partial charge in [0.2, 0.25) is 11.8 Å². The molecule has 2 unspecified atom stereocenters. The summed E-state index contributed by atoms with van der Waals surface area (Å²) in [7, 11) is 0. The second kappa shape index (κ2) is 7.22. The first kappa shape index (κ1) is 15.5. The van der Waals surface area contributed by atoms with Crippen molar-refractivity contribution in [2.24, 2.45) is 5.92 Å². The molecule has 0 aliphatic heterocycles. The third-order valence-electron chi connectivity index (χ3n) is 4.95. The van der Waals surface area contributed by atoms with Gasteiger partial charge in [0, 0.05) is 31.2 Å². The van der Waals surface area contributed by atoms with Crippen molar-refractivity contribution in [3.05, 3.63) is 11.7 Å². The van der Waals surface area contributed by atoms with E-state index in [1.165, 1.54) is 12.8 Å². The number of carbonyl (C=O) groups is 1. The predicted octanol–water partition coefficient (Wildman–Crippen LogP) is 1.94. The normalized spacial score (nSPS) is 25.7. The molecule has 2 aliphatic rings. The molecule has 2 atom stereocenters. The van der Waals surface area contributed by atoms with Crippen molar-refractivity contribution < 1.29 is 14.4 Å². The van der Waals surface area contributed by atoms with Crippen LogP contribution in [0.15, 0.2) is 4.52 Å². The van der Waals surface area contributed by atoms with Crippen molar-refractivity contribution in [2.45, 2.75) is 69.8 Å². The SMILES string of the molecule is O=C(CCc1nc(C2CCCC2)no1)NCC1CCCC1O. The second-order valence-corrected chi connectivity index (χ2v) is 6.59. The van der Waals surface area contributed by atoms with Crippen LogP contribution in [0.3, 0.4) is 0 Å². The Bertz CT molecular complexity index is 497. The van der Waals surface area contributed by atoms with Gasteiger partial charge in [-0.3, -0.25) is 4.79 Å². The number of aliphatic hydroxyl groups is 1. The molecule has 2 aliphatic carbocycles. The molecule has 1 heterocycles. The quantitative estimate of drug-likeness (QED) is 0.838. The van der Waals surface area contributed by atoms with Crippen LogP contribution in [0, 0.1) is 5.92 Å². The Labute approximate surface area is 130 Å². The highest BCUT2D eigenvalue weighted by molar-refractivity contribution is 5.76. The first-order valence-corrected chi connectivity index (χ1v) is 8.49. The number of nitrogens with zero attached hydrogens (tertiary/aromatic N) is 2. The van der Waals surface area contributed by atoms with Crippen LogP contribution >= 0.6 is 0 Å². The Morgan fingerprint density at radius 2 is 2.05 bits per heavy atom. The highest BCUT2D eigenvalue weighted by Gasteiger charge is 2.25. The van der Waals surface area contributed by atoms with E-state index in [2.05, 4.69) is 15.5 Å². The van der Waals surface area contributed by atoms with E-state index in [0.29, 0.717) is 31.2 Å². The maximum absolute atomic E-state index is 11.9. The maximum Gasteiger partial charge on any atom is 0.227 e. The maximum atomic E-state index is 11.9. The third kappa shape index (κ3) is 3.85. The highest BCUT2D eigenvalue weighted by atomic mass is 16.5. The zero-order valence-corrected chi connectivity index (χ0v) is 13.0. The highest BCUT2D eigenvalue weighted by Crippen LogP contribution is 2.32. The number of aliphatic hydroxyl groups excluding tert-OH is 1. The number of hydrogen-bond acceptors (Lipinski definition) is 5. The van der Waals surface area contributed by atoms with Gasteiger partial charge in [0.15, 0.2) is 5.82 Å². The van der Waals surface area contributed by atoms with Crippen molar-refractivity contribution in [3.8, 4) is 0 Å². The summed E-state index contributed by atoms with van der Waals surface area (Å²) in [5, 5.41) is 16.7. The smallest absolute Gasteiger partial charge is 0.227 e. The second-order valence-electron chi connectivity index (χ2n) is 6.59. The van der Waals surface area contributed by atoms with E-state index in [1.807, 2.05) is 0 Å². The number of carbonyl (C=O) groups excluding carboxylic acids is 1. The Kier molecular flexibility index (Phi) is 5.08. The number of aryl methyl sites for hydroxylation is 1. The van der Waals surface area contributed by atoms with Crippen LogP contribution in [-0.2, 0) is 11.2 Å². The van der Waals surface area contributed by atoms with Crippen LogP contribution in [0.1, 0.15) is 69.0 Å². The fourth-order valence-electron chi connectivity index (χ4n) is 3.53.